The first-order valence-corrected chi connectivity index (χ1v) is 6.80. The van der Waals surface area contributed by atoms with Crippen LogP contribution in [0, 0.1) is 0 Å². The van der Waals surface area contributed by atoms with Crippen LogP contribution < -0.4 is 10.6 Å². The summed E-state index contributed by atoms with van der Waals surface area (Å²) in [6, 6.07) is -1.60. The lowest BCUT2D eigenvalue weighted by molar-refractivity contribution is -0.140. The van der Waals surface area contributed by atoms with Crippen molar-refractivity contribution in [3.8, 4) is 0 Å². The summed E-state index contributed by atoms with van der Waals surface area (Å²) in [6.07, 6.45) is -0.149. The number of unbranched alkanes of at least 4 members (excludes halogenated alkanes) is 1. The molecular weight excluding hydrogens is 280 g/mol. The van der Waals surface area contributed by atoms with Crippen molar-refractivity contribution in [2.75, 3.05) is 7.11 Å². The summed E-state index contributed by atoms with van der Waals surface area (Å²) >= 11 is 0. The van der Waals surface area contributed by atoms with Gasteiger partial charge in [-0.3, -0.25) is 14.4 Å². The highest BCUT2D eigenvalue weighted by molar-refractivity contribution is 5.87. The second-order valence-electron chi connectivity index (χ2n) is 4.78. The number of methoxy groups -OCH3 is 1. The van der Waals surface area contributed by atoms with Crippen molar-refractivity contribution in [3.05, 3.63) is 0 Å². The van der Waals surface area contributed by atoms with Crippen LogP contribution in [0.15, 0.2) is 0 Å². The van der Waals surface area contributed by atoms with Gasteiger partial charge in [-0.05, 0) is 26.7 Å². The fourth-order valence-electron chi connectivity index (χ4n) is 1.46. The van der Waals surface area contributed by atoms with Crippen LogP contribution in [0.3, 0.4) is 0 Å². The van der Waals surface area contributed by atoms with Gasteiger partial charge in [0.2, 0.25) is 11.8 Å². The van der Waals surface area contributed by atoms with E-state index in [1.54, 1.807) is 0 Å². The Labute approximate surface area is 123 Å². The van der Waals surface area contributed by atoms with Gasteiger partial charge in [0.05, 0.1) is 13.2 Å². The van der Waals surface area contributed by atoms with Gasteiger partial charge in [-0.15, -0.1) is 0 Å². The molecule has 0 aliphatic rings. The lowest BCUT2D eigenvalue weighted by Crippen LogP contribution is -2.50. The van der Waals surface area contributed by atoms with E-state index in [1.807, 2.05) is 0 Å². The van der Waals surface area contributed by atoms with Gasteiger partial charge in [-0.25, -0.2) is 0 Å². The van der Waals surface area contributed by atoms with E-state index in [1.165, 1.54) is 21.0 Å². The summed E-state index contributed by atoms with van der Waals surface area (Å²) < 4.78 is 4.48. The van der Waals surface area contributed by atoms with E-state index in [0.29, 0.717) is 12.8 Å². The van der Waals surface area contributed by atoms with Crippen molar-refractivity contribution in [2.45, 2.75) is 57.9 Å². The quantitative estimate of drug-likeness (QED) is 0.247. The number of nitrogens with one attached hydrogen (secondary N) is 2. The highest BCUT2D eigenvalue weighted by atomic mass is 16.5. The molecule has 0 aliphatic carbocycles. The summed E-state index contributed by atoms with van der Waals surface area (Å²) in [7, 11) is 1.31. The second kappa shape index (κ2) is 10.1. The van der Waals surface area contributed by atoms with Crippen molar-refractivity contribution in [1.29, 1.82) is 0 Å². The predicted molar refractivity (Wildman–Crippen MR) is 73.9 cm³/mol. The summed E-state index contributed by atoms with van der Waals surface area (Å²) in [5.74, 6) is -1.13. The van der Waals surface area contributed by atoms with Gasteiger partial charge in [-0.2, -0.15) is 0 Å². The molecule has 0 radical (unpaired) electrons. The van der Waals surface area contributed by atoms with Crippen LogP contribution in [0.1, 0.15) is 39.5 Å². The van der Waals surface area contributed by atoms with Gasteiger partial charge >= 0.3 is 5.97 Å². The van der Waals surface area contributed by atoms with E-state index in [2.05, 4.69) is 15.4 Å². The molecule has 8 nitrogen and oxygen atoms in total. The maximum Gasteiger partial charge on any atom is 0.305 e. The first-order valence-electron chi connectivity index (χ1n) is 6.80. The van der Waals surface area contributed by atoms with Crippen molar-refractivity contribution < 1.29 is 29.3 Å². The molecule has 122 valence electrons. The number of aliphatic hydroxyl groups is 2. The van der Waals surface area contributed by atoms with Crippen molar-refractivity contribution in [1.82, 2.24) is 10.6 Å². The number of rotatable bonds is 9. The van der Waals surface area contributed by atoms with Crippen LogP contribution in [-0.2, 0) is 19.1 Å². The molecule has 8 heteroatoms. The Kier molecular flexibility index (Phi) is 9.31. The number of amides is 2. The molecule has 0 unspecified atom stereocenters. The van der Waals surface area contributed by atoms with E-state index >= 15 is 0 Å². The number of hydrogen-bond donors (Lipinski definition) is 4. The van der Waals surface area contributed by atoms with Crippen molar-refractivity contribution >= 4 is 17.8 Å². The molecule has 0 fully saturated rings. The zero-order chi connectivity index (χ0) is 16.4. The second-order valence-corrected chi connectivity index (χ2v) is 4.78. The van der Waals surface area contributed by atoms with Gasteiger partial charge in [0, 0.05) is 12.8 Å². The van der Waals surface area contributed by atoms with Crippen LogP contribution in [0.4, 0.5) is 0 Å². The Hall–Kier alpha value is -1.67. The predicted octanol–water partition coefficient (Wildman–Crippen LogP) is -0.960. The van der Waals surface area contributed by atoms with Gasteiger partial charge < -0.3 is 25.6 Å². The van der Waals surface area contributed by atoms with E-state index in [-0.39, 0.29) is 24.7 Å². The molecule has 21 heavy (non-hydrogen) atoms. The average molecular weight is 304 g/mol. The van der Waals surface area contributed by atoms with E-state index in [4.69, 9.17) is 10.2 Å². The van der Waals surface area contributed by atoms with Crippen LogP contribution in [0.25, 0.3) is 0 Å². The Morgan fingerprint density at radius 2 is 1.62 bits per heavy atom. The molecule has 2 amide bonds. The fraction of sp³-hybridized carbons (Fsp3) is 0.769. The average Bonchev–Trinajstić information content (AvgIpc) is 2.42. The standard InChI is InChI=1S/C13H24N2O6/c1-8(12(18)15-9(2)13(19)20)14-10(16)6-4-5-7-11(17)21-3/h8-9,13,19-20H,4-7H2,1-3H3,(H,14,16)(H,15,18)/t8-,9-/m0/s1. The molecule has 0 saturated carbocycles. The molecule has 0 saturated heterocycles. The fourth-order valence-corrected chi connectivity index (χ4v) is 1.46. The number of carbonyl (C=O) groups excluding carboxylic acids is 3. The monoisotopic (exact) mass is 304 g/mol. The summed E-state index contributed by atoms with van der Waals surface area (Å²) in [5.41, 5.74) is 0. The Morgan fingerprint density at radius 1 is 1.05 bits per heavy atom. The Morgan fingerprint density at radius 3 is 2.14 bits per heavy atom. The van der Waals surface area contributed by atoms with E-state index in [0.717, 1.165) is 0 Å². The molecule has 0 aromatic carbocycles. The SMILES string of the molecule is COC(=O)CCCCC(=O)N[C@@H](C)C(=O)N[C@@H](C)C(O)O. The number of carbonyl (C=O) groups is 3. The maximum absolute atomic E-state index is 11.6. The molecule has 0 aliphatic heterocycles. The molecule has 0 rings (SSSR count). The van der Waals surface area contributed by atoms with Gasteiger partial charge in [0.1, 0.15) is 6.04 Å². The number of ether oxygens (including phenoxy) is 1. The first-order chi connectivity index (χ1) is 9.77. The zero-order valence-electron chi connectivity index (χ0n) is 12.6. The number of aliphatic hydroxyl groups excluding tert-OH is 1. The van der Waals surface area contributed by atoms with Crippen molar-refractivity contribution in [2.24, 2.45) is 0 Å². The minimum Gasteiger partial charge on any atom is -0.469 e. The molecular formula is C13H24N2O6. The molecule has 0 aromatic heterocycles. The highest BCUT2D eigenvalue weighted by Crippen LogP contribution is 2.01. The maximum atomic E-state index is 11.6. The Balaban J connectivity index is 3.93. The van der Waals surface area contributed by atoms with Crippen LogP contribution in [-0.4, -0.2) is 53.5 Å². The molecule has 0 aromatic rings. The third-order valence-corrected chi connectivity index (χ3v) is 2.85. The molecule has 0 heterocycles. The molecule has 4 N–H and O–H groups in total. The van der Waals surface area contributed by atoms with Crippen LogP contribution >= 0.6 is 0 Å². The van der Waals surface area contributed by atoms with E-state index in [9.17, 15) is 14.4 Å². The van der Waals surface area contributed by atoms with Crippen molar-refractivity contribution in [3.63, 3.8) is 0 Å². The van der Waals surface area contributed by atoms with Gasteiger partial charge in [-0.1, -0.05) is 0 Å². The highest BCUT2D eigenvalue weighted by Gasteiger charge is 2.19. The van der Waals surface area contributed by atoms with E-state index < -0.39 is 24.3 Å². The third kappa shape index (κ3) is 8.98. The molecule has 2 atom stereocenters. The Bertz CT molecular complexity index is 359. The van der Waals surface area contributed by atoms with Gasteiger partial charge in [0.15, 0.2) is 6.29 Å². The zero-order valence-corrected chi connectivity index (χ0v) is 12.6. The summed E-state index contributed by atoms with van der Waals surface area (Å²) in [4.78, 5) is 34.1. The minimum absolute atomic E-state index is 0.201. The summed E-state index contributed by atoms with van der Waals surface area (Å²) in [6.45, 7) is 2.93. The topological polar surface area (TPSA) is 125 Å². The number of esters is 1. The first kappa shape index (κ1) is 19.3. The third-order valence-electron chi connectivity index (χ3n) is 2.85. The summed E-state index contributed by atoms with van der Waals surface area (Å²) in [5, 5.41) is 22.6. The minimum atomic E-state index is -1.66. The number of hydrogen-bond acceptors (Lipinski definition) is 6. The lowest BCUT2D eigenvalue weighted by Gasteiger charge is -2.19. The smallest absolute Gasteiger partial charge is 0.305 e. The van der Waals surface area contributed by atoms with Crippen LogP contribution in [0.2, 0.25) is 0 Å². The molecule has 0 bridgehead atoms. The normalized spacial score (nSPS) is 13.4. The van der Waals surface area contributed by atoms with Gasteiger partial charge in [0.25, 0.3) is 0 Å². The van der Waals surface area contributed by atoms with Crippen LogP contribution in [0.5, 0.6) is 0 Å². The molecule has 0 spiro atoms. The lowest BCUT2D eigenvalue weighted by atomic mass is 10.2. The largest absolute Gasteiger partial charge is 0.469 e.